The number of aromatic nitrogens is 5. The summed E-state index contributed by atoms with van der Waals surface area (Å²) in [6.07, 6.45) is 4.61. The minimum atomic E-state index is -3.74. The van der Waals surface area contributed by atoms with Gasteiger partial charge in [-0.2, -0.15) is 9.40 Å². The molecule has 1 fully saturated rings. The standard InChI is InChI=1S/C21H22N6O3S/c1-3-26-13-18(14(2)25-26)31(28,29)27-12-6-9-17(27)20-23-24-21(30-20)19-16-8-5-4-7-15(16)10-11-22-19/h4-5,7-8,10-11,13,17H,3,6,9,12H2,1-2H3/t17-/m0/s1. The Bertz CT molecular complexity index is 1360. The molecular weight excluding hydrogens is 416 g/mol. The first kappa shape index (κ1) is 19.8. The SMILES string of the molecule is CCn1cc(S(=O)(=O)N2CCC[C@H]2c2nnc(-c3nccc4ccccc34)o2)c(C)n1. The molecule has 0 spiro atoms. The van der Waals surface area contributed by atoms with Crippen molar-refractivity contribution in [1.29, 1.82) is 0 Å². The van der Waals surface area contributed by atoms with E-state index in [4.69, 9.17) is 4.42 Å². The molecule has 160 valence electrons. The van der Waals surface area contributed by atoms with Gasteiger partial charge in [-0.15, -0.1) is 10.2 Å². The molecule has 10 heteroatoms. The highest BCUT2D eigenvalue weighted by Gasteiger charge is 2.40. The molecule has 1 aliphatic heterocycles. The minimum absolute atomic E-state index is 0.219. The third kappa shape index (κ3) is 3.31. The number of benzene rings is 1. The molecule has 0 unspecified atom stereocenters. The van der Waals surface area contributed by atoms with Crippen LogP contribution in [-0.2, 0) is 16.6 Å². The van der Waals surface area contributed by atoms with Crippen LogP contribution in [0, 0.1) is 6.92 Å². The van der Waals surface area contributed by atoms with Crippen LogP contribution in [0.5, 0.6) is 0 Å². The van der Waals surface area contributed by atoms with Gasteiger partial charge in [0.1, 0.15) is 16.6 Å². The Labute approximate surface area is 179 Å². The van der Waals surface area contributed by atoms with Gasteiger partial charge in [0.2, 0.25) is 15.9 Å². The van der Waals surface area contributed by atoms with Gasteiger partial charge < -0.3 is 4.42 Å². The van der Waals surface area contributed by atoms with Gasteiger partial charge >= 0.3 is 0 Å². The first-order valence-electron chi connectivity index (χ1n) is 10.2. The Hall–Kier alpha value is -3.11. The number of pyridine rings is 1. The van der Waals surface area contributed by atoms with E-state index in [0.717, 1.165) is 17.2 Å². The van der Waals surface area contributed by atoms with E-state index in [-0.39, 0.29) is 16.7 Å². The van der Waals surface area contributed by atoms with Crippen molar-refractivity contribution in [2.45, 2.75) is 44.2 Å². The Kier molecular flexibility index (Phi) is 4.82. The third-order valence-corrected chi connectivity index (χ3v) is 7.63. The first-order valence-corrected chi connectivity index (χ1v) is 11.7. The summed E-state index contributed by atoms with van der Waals surface area (Å²) in [4.78, 5) is 4.64. The second kappa shape index (κ2) is 7.54. The fraction of sp³-hybridized carbons (Fsp3) is 0.333. The van der Waals surface area contributed by atoms with Crippen LogP contribution >= 0.6 is 0 Å². The normalized spacial score (nSPS) is 17.5. The maximum absolute atomic E-state index is 13.4. The van der Waals surface area contributed by atoms with Gasteiger partial charge in [0.25, 0.3) is 5.89 Å². The van der Waals surface area contributed by atoms with E-state index in [1.165, 1.54) is 4.31 Å². The topological polar surface area (TPSA) is 107 Å². The summed E-state index contributed by atoms with van der Waals surface area (Å²) in [7, 11) is -3.74. The van der Waals surface area contributed by atoms with Crippen LogP contribution in [0.4, 0.5) is 0 Å². The lowest BCUT2D eigenvalue weighted by Gasteiger charge is -2.21. The molecule has 0 aliphatic carbocycles. The zero-order valence-electron chi connectivity index (χ0n) is 17.3. The predicted octanol–water partition coefficient (Wildman–Crippen LogP) is 3.34. The molecule has 3 aromatic heterocycles. The van der Waals surface area contributed by atoms with Crippen molar-refractivity contribution >= 4 is 20.8 Å². The Morgan fingerprint density at radius 3 is 2.84 bits per heavy atom. The highest BCUT2D eigenvalue weighted by Crippen LogP contribution is 2.37. The lowest BCUT2D eigenvalue weighted by atomic mass is 10.1. The lowest BCUT2D eigenvalue weighted by Crippen LogP contribution is -2.31. The highest BCUT2D eigenvalue weighted by atomic mass is 32.2. The fourth-order valence-corrected chi connectivity index (χ4v) is 5.89. The molecule has 0 N–H and O–H groups in total. The quantitative estimate of drug-likeness (QED) is 0.470. The molecule has 1 atom stereocenters. The van der Waals surface area contributed by atoms with Crippen molar-refractivity contribution in [2.24, 2.45) is 0 Å². The van der Waals surface area contributed by atoms with Crippen LogP contribution in [0.2, 0.25) is 0 Å². The molecule has 1 aliphatic rings. The van der Waals surface area contributed by atoms with Gasteiger partial charge in [0, 0.05) is 30.9 Å². The summed E-state index contributed by atoms with van der Waals surface area (Å²) in [5, 5.41) is 14.6. The van der Waals surface area contributed by atoms with Crippen LogP contribution in [0.3, 0.4) is 0 Å². The second-order valence-corrected chi connectivity index (χ2v) is 9.39. The molecule has 9 nitrogen and oxygen atoms in total. The number of aryl methyl sites for hydroxylation is 2. The van der Waals surface area contributed by atoms with E-state index in [9.17, 15) is 8.42 Å². The van der Waals surface area contributed by atoms with Crippen LogP contribution < -0.4 is 0 Å². The molecular formula is C21H22N6O3S. The van der Waals surface area contributed by atoms with Gasteiger partial charge in [-0.1, -0.05) is 24.3 Å². The Morgan fingerprint density at radius 1 is 1.19 bits per heavy atom. The van der Waals surface area contributed by atoms with Crippen molar-refractivity contribution in [3.63, 3.8) is 0 Å². The van der Waals surface area contributed by atoms with Crippen molar-refractivity contribution in [3.05, 3.63) is 54.3 Å². The van der Waals surface area contributed by atoms with Crippen molar-refractivity contribution < 1.29 is 12.8 Å². The van der Waals surface area contributed by atoms with Gasteiger partial charge in [-0.05, 0) is 38.1 Å². The van der Waals surface area contributed by atoms with Gasteiger partial charge in [0.05, 0.1) is 5.69 Å². The van der Waals surface area contributed by atoms with Gasteiger partial charge in [-0.25, -0.2) is 8.42 Å². The Balaban J connectivity index is 1.51. The summed E-state index contributed by atoms with van der Waals surface area (Å²) in [5.74, 6) is 0.567. The number of nitrogens with zero attached hydrogens (tertiary/aromatic N) is 6. The van der Waals surface area contributed by atoms with E-state index >= 15 is 0 Å². The lowest BCUT2D eigenvalue weighted by molar-refractivity contribution is 0.332. The number of rotatable bonds is 5. The molecule has 31 heavy (non-hydrogen) atoms. The highest BCUT2D eigenvalue weighted by molar-refractivity contribution is 7.89. The molecule has 0 saturated carbocycles. The number of hydrogen-bond acceptors (Lipinski definition) is 7. The zero-order chi connectivity index (χ0) is 21.6. The third-order valence-electron chi connectivity index (χ3n) is 5.62. The maximum Gasteiger partial charge on any atom is 0.266 e. The summed E-state index contributed by atoms with van der Waals surface area (Å²) in [6, 6.07) is 9.22. The predicted molar refractivity (Wildman–Crippen MR) is 114 cm³/mol. The van der Waals surface area contributed by atoms with E-state index in [1.54, 1.807) is 24.0 Å². The molecule has 1 aromatic carbocycles. The molecule has 1 saturated heterocycles. The average Bonchev–Trinajstić information content (AvgIpc) is 3.52. The molecule has 4 heterocycles. The number of fused-ring (bicyclic) bond motifs is 1. The van der Waals surface area contributed by atoms with Crippen LogP contribution in [0.1, 0.15) is 37.4 Å². The summed E-state index contributed by atoms with van der Waals surface area (Å²) in [5.41, 5.74) is 1.07. The molecule has 0 amide bonds. The zero-order valence-corrected chi connectivity index (χ0v) is 18.1. The fourth-order valence-electron chi connectivity index (χ4n) is 4.07. The van der Waals surface area contributed by atoms with Crippen LogP contribution in [-0.4, -0.2) is 44.2 Å². The second-order valence-electron chi connectivity index (χ2n) is 7.53. The van der Waals surface area contributed by atoms with E-state index < -0.39 is 16.1 Å². The molecule has 4 aromatic rings. The van der Waals surface area contributed by atoms with Crippen molar-refractivity contribution in [1.82, 2.24) is 29.3 Å². The van der Waals surface area contributed by atoms with Gasteiger partial charge in [-0.3, -0.25) is 9.67 Å². The van der Waals surface area contributed by atoms with E-state index in [1.807, 2.05) is 37.3 Å². The molecule has 0 radical (unpaired) electrons. The summed E-state index contributed by atoms with van der Waals surface area (Å²) in [6.45, 7) is 4.63. The van der Waals surface area contributed by atoms with E-state index in [2.05, 4.69) is 20.3 Å². The molecule has 5 rings (SSSR count). The van der Waals surface area contributed by atoms with Crippen LogP contribution in [0.25, 0.3) is 22.4 Å². The molecule has 0 bridgehead atoms. The van der Waals surface area contributed by atoms with E-state index in [0.29, 0.717) is 30.9 Å². The monoisotopic (exact) mass is 438 g/mol. The first-order chi connectivity index (χ1) is 15.0. The minimum Gasteiger partial charge on any atom is -0.417 e. The average molecular weight is 439 g/mol. The number of hydrogen-bond donors (Lipinski definition) is 0. The maximum atomic E-state index is 13.4. The van der Waals surface area contributed by atoms with Crippen molar-refractivity contribution in [3.8, 4) is 11.6 Å². The van der Waals surface area contributed by atoms with Crippen molar-refractivity contribution in [2.75, 3.05) is 6.54 Å². The van der Waals surface area contributed by atoms with Crippen LogP contribution in [0.15, 0.2) is 52.0 Å². The Morgan fingerprint density at radius 2 is 2.03 bits per heavy atom. The number of sulfonamides is 1. The van der Waals surface area contributed by atoms with Gasteiger partial charge in [0.15, 0.2) is 0 Å². The smallest absolute Gasteiger partial charge is 0.266 e. The summed E-state index contributed by atoms with van der Waals surface area (Å²) < 4.78 is 35.8. The summed E-state index contributed by atoms with van der Waals surface area (Å²) >= 11 is 0. The largest absolute Gasteiger partial charge is 0.417 e.